The molecule has 0 bridgehead atoms. The zero-order chi connectivity index (χ0) is 14.7. The van der Waals surface area contributed by atoms with Gasteiger partial charge in [-0.05, 0) is 50.8 Å². The molecule has 0 saturated carbocycles. The maximum Gasteiger partial charge on any atom is 0.0239 e. The fraction of sp³-hybridized carbons (Fsp3) is 0.667. The van der Waals surface area contributed by atoms with E-state index < -0.39 is 0 Å². The first-order chi connectivity index (χ1) is 9.47. The second kappa shape index (κ2) is 6.73. The topological polar surface area (TPSA) is 15.3 Å². The molecule has 1 aliphatic rings. The van der Waals surface area contributed by atoms with E-state index in [1.165, 1.54) is 23.1 Å². The molecule has 112 valence electrons. The first-order valence-corrected chi connectivity index (χ1v) is 8.01. The van der Waals surface area contributed by atoms with Crippen LogP contribution in [0.25, 0.3) is 0 Å². The molecule has 2 unspecified atom stereocenters. The third kappa shape index (κ3) is 3.83. The molecule has 1 N–H and O–H groups in total. The average molecular weight is 274 g/mol. The van der Waals surface area contributed by atoms with E-state index in [0.29, 0.717) is 18.0 Å². The lowest BCUT2D eigenvalue weighted by Crippen LogP contribution is -2.42. The fourth-order valence-electron chi connectivity index (χ4n) is 3.01. The normalized spacial score (nSPS) is 24.9. The summed E-state index contributed by atoms with van der Waals surface area (Å²) in [5, 5.41) is 3.71. The highest BCUT2D eigenvalue weighted by Crippen LogP contribution is 2.19. The summed E-state index contributed by atoms with van der Waals surface area (Å²) >= 11 is 0. The van der Waals surface area contributed by atoms with Gasteiger partial charge in [-0.25, -0.2) is 0 Å². The second-order valence-electron chi connectivity index (χ2n) is 6.80. The molecule has 0 aromatic heterocycles. The molecule has 2 nitrogen and oxygen atoms in total. The van der Waals surface area contributed by atoms with Crippen molar-refractivity contribution in [2.45, 2.75) is 59.7 Å². The highest BCUT2D eigenvalue weighted by atomic mass is 15.2. The number of nitrogens with one attached hydrogen (secondary N) is 1. The Morgan fingerprint density at radius 1 is 1.30 bits per heavy atom. The van der Waals surface area contributed by atoms with Crippen molar-refractivity contribution in [2.24, 2.45) is 5.92 Å². The molecule has 2 heteroatoms. The number of aryl methyl sites for hydroxylation is 2. The van der Waals surface area contributed by atoms with Gasteiger partial charge in [0, 0.05) is 25.2 Å². The van der Waals surface area contributed by atoms with Crippen molar-refractivity contribution in [3.8, 4) is 0 Å². The van der Waals surface area contributed by atoms with Crippen molar-refractivity contribution >= 4 is 0 Å². The molecular weight excluding hydrogens is 244 g/mol. The van der Waals surface area contributed by atoms with Crippen LogP contribution >= 0.6 is 0 Å². The Morgan fingerprint density at radius 2 is 2.05 bits per heavy atom. The molecule has 2 atom stereocenters. The highest BCUT2D eigenvalue weighted by molar-refractivity contribution is 5.30. The number of hydrogen-bond donors (Lipinski definition) is 1. The molecule has 1 fully saturated rings. The predicted molar refractivity (Wildman–Crippen MR) is 87.0 cm³/mol. The minimum absolute atomic E-state index is 0.616. The quantitative estimate of drug-likeness (QED) is 0.907. The lowest BCUT2D eigenvalue weighted by Gasteiger charge is -2.31. The monoisotopic (exact) mass is 274 g/mol. The maximum absolute atomic E-state index is 3.71. The summed E-state index contributed by atoms with van der Waals surface area (Å²) in [6.45, 7) is 14.8. The van der Waals surface area contributed by atoms with Crippen molar-refractivity contribution < 1.29 is 0 Å². The van der Waals surface area contributed by atoms with E-state index >= 15 is 0 Å². The molecule has 2 rings (SSSR count). The van der Waals surface area contributed by atoms with Gasteiger partial charge in [0.25, 0.3) is 0 Å². The van der Waals surface area contributed by atoms with Gasteiger partial charge in [0.1, 0.15) is 0 Å². The third-order valence-electron chi connectivity index (χ3n) is 4.71. The molecule has 0 radical (unpaired) electrons. The molecule has 1 aliphatic heterocycles. The molecule has 0 spiro atoms. The van der Waals surface area contributed by atoms with Gasteiger partial charge in [0.2, 0.25) is 0 Å². The van der Waals surface area contributed by atoms with Crippen molar-refractivity contribution in [3.63, 3.8) is 0 Å². The van der Waals surface area contributed by atoms with E-state index in [2.05, 4.69) is 63.0 Å². The minimum Gasteiger partial charge on any atom is -0.312 e. The SMILES string of the molecule is Cc1ccc(C)c(CN2CC(C(C)C)NCCC2C)c1. The van der Waals surface area contributed by atoms with Crippen LogP contribution in [0.15, 0.2) is 18.2 Å². The van der Waals surface area contributed by atoms with Crippen molar-refractivity contribution in [1.29, 1.82) is 0 Å². The second-order valence-corrected chi connectivity index (χ2v) is 6.80. The summed E-state index contributed by atoms with van der Waals surface area (Å²) in [5.74, 6) is 0.696. The molecule has 1 heterocycles. The standard InChI is InChI=1S/C18H30N2/c1-13(2)18-12-20(16(5)8-9-19-18)11-17-10-14(3)6-7-15(17)4/h6-7,10,13,16,18-19H,8-9,11-12H2,1-5H3. The zero-order valence-corrected chi connectivity index (χ0v) is 13.7. The van der Waals surface area contributed by atoms with E-state index in [9.17, 15) is 0 Å². The Kier molecular flexibility index (Phi) is 5.22. The molecule has 1 aromatic carbocycles. The van der Waals surface area contributed by atoms with Crippen LogP contribution < -0.4 is 5.32 Å². The maximum atomic E-state index is 3.71. The first-order valence-electron chi connectivity index (χ1n) is 8.01. The van der Waals surface area contributed by atoms with Gasteiger partial charge in [-0.15, -0.1) is 0 Å². The third-order valence-corrected chi connectivity index (χ3v) is 4.71. The summed E-state index contributed by atoms with van der Waals surface area (Å²) in [7, 11) is 0. The van der Waals surface area contributed by atoms with Crippen LogP contribution in [0.5, 0.6) is 0 Å². The molecule has 1 saturated heterocycles. The van der Waals surface area contributed by atoms with Gasteiger partial charge in [0.15, 0.2) is 0 Å². The zero-order valence-electron chi connectivity index (χ0n) is 13.7. The molecule has 0 amide bonds. The first kappa shape index (κ1) is 15.5. The van der Waals surface area contributed by atoms with Crippen molar-refractivity contribution in [1.82, 2.24) is 10.2 Å². The lowest BCUT2D eigenvalue weighted by molar-refractivity contribution is 0.183. The Balaban J connectivity index is 2.14. The fourth-order valence-corrected chi connectivity index (χ4v) is 3.01. The summed E-state index contributed by atoms with van der Waals surface area (Å²) in [4.78, 5) is 2.66. The van der Waals surface area contributed by atoms with Crippen LogP contribution in [-0.4, -0.2) is 30.1 Å². The summed E-state index contributed by atoms with van der Waals surface area (Å²) in [5.41, 5.74) is 4.27. The molecule has 1 aromatic rings. The number of rotatable bonds is 3. The minimum atomic E-state index is 0.616. The lowest BCUT2D eigenvalue weighted by atomic mass is 10.0. The smallest absolute Gasteiger partial charge is 0.0239 e. The number of hydrogen-bond acceptors (Lipinski definition) is 2. The summed E-state index contributed by atoms with van der Waals surface area (Å²) in [6.07, 6.45) is 1.24. The Labute approximate surface area is 124 Å². The molecule has 0 aliphatic carbocycles. The van der Waals surface area contributed by atoms with E-state index in [4.69, 9.17) is 0 Å². The predicted octanol–water partition coefficient (Wildman–Crippen LogP) is 3.51. The number of benzene rings is 1. The van der Waals surface area contributed by atoms with Gasteiger partial charge >= 0.3 is 0 Å². The summed E-state index contributed by atoms with van der Waals surface area (Å²) < 4.78 is 0. The van der Waals surface area contributed by atoms with Crippen LogP contribution in [0.4, 0.5) is 0 Å². The van der Waals surface area contributed by atoms with Gasteiger partial charge in [-0.1, -0.05) is 37.6 Å². The Morgan fingerprint density at radius 3 is 2.75 bits per heavy atom. The van der Waals surface area contributed by atoms with E-state index in [0.717, 1.165) is 19.6 Å². The van der Waals surface area contributed by atoms with Crippen LogP contribution in [0.3, 0.4) is 0 Å². The van der Waals surface area contributed by atoms with Crippen LogP contribution in [0, 0.1) is 19.8 Å². The average Bonchev–Trinajstić information content (AvgIpc) is 2.57. The van der Waals surface area contributed by atoms with E-state index in [1.807, 2.05) is 0 Å². The largest absolute Gasteiger partial charge is 0.312 e. The van der Waals surface area contributed by atoms with Crippen LogP contribution in [-0.2, 0) is 6.54 Å². The van der Waals surface area contributed by atoms with E-state index in [-0.39, 0.29) is 0 Å². The highest BCUT2D eigenvalue weighted by Gasteiger charge is 2.24. The van der Waals surface area contributed by atoms with Gasteiger partial charge in [-0.2, -0.15) is 0 Å². The van der Waals surface area contributed by atoms with Gasteiger partial charge < -0.3 is 5.32 Å². The van der Waals surface area contributed by atoms with Gasteiger partial charge in [-0.3, -0.25) is 4.90 Å². The van der Waals surface area contributed by atoms with Crippen molar-refractivity contribution in [2.75, 3.05) is 13.1 Å². The Hall–Kier alpha value is -0.860. The molecular formula is C18H30N2. The number of nitrogens with zero attached hydrogens (tertiary/aromatic N) is 1. The molecule has 20 heavy (non-hydrogen) atoms. The van der Waals surface area contributed by atoms with E-state index in [1.54, 1.807) is 0 Å². The van der Waals surface area contributed by atoms with Gasteiger partial charge in [0.05, 0.1) is 0 Å². The van der Waals surface area contributed by atoms with Crippen molar-refractivity contribution in [3.05, 3.63) is 34.9 Å². The Bertz CT molecular complexity index is 439. The van der Waals surface area contributed by atoms with Crippen LogP contribution in [0.1, 0.15) is 43.9 Å². The van der Waals surface area contributed by atoms with Crippen LogP contribution in [0.2, 0.25) is 0 Å². The summed E-state index contributed by atoms with van der Waals surface area (Å²) in [6, 6.07) is 8.09.